The number of Topliss-reactive ketones (excluding diaryl/α,β-unsaturated/α-hetero) is 1. The van der Waals surface area contributed by atoms with Gasteiger partial charge in [-0.15, -0.1) is 0 Å². The number of aromatic amines is 1. The van der Waals surface area contributed by atoms with Gasteiger partial charge in [-0.25, -0.2) is 4.98 Å². The molecular formula is C12H17N3O2. The number of carbonyl (C=O) groups is 1. The quantitative estimate of drug-likeness (QED) is 0.832. The van der Waals surface area contributed by atoms with Gasteiger partial charge in [0.05, 0.1) is 5.69 Å². The fourth-order valence-corrected chi connectivity index (χ4v) is 1.88. The molecule has 0 unspecified atom stereocenters. The van der Waals surface area contributed by atoms with Crippen LogP contribution in [0.2, 0.25) is 0 Å². The van der Waals surface area contributed by atoms with Gasteiger partial charge in [-0.05, 0) is 5.92 Å². The van der Waals surface area contributed by atoms with Crippen LogP contribution < -0.4 is 10.5 Å². The third-order valence-electron chi connectivity index (χ3n) is 2.96. The molecule has 92 valence electrons. The number of hydrogen-bond acceptors (Lipinski definition) is 4. The average Bonchev–Trinajstić information content (AvgIpc) is 2.29. The van der Waals surface area contributed by atoms with Crippen molar-refractivity contribution in [3.63, 3.8) is 0 Å². The predicted octanol–water partition coefficient (Wildman–Crippen LogP) is 1.06. The first-order valence-corrected chi connectivity index (χ1v) is 5.94. The van der Waals surface area contributed by atoms with Gasteiger partial charge in [0.25, 0.3) is 5.56 Å². The van der Waals surface area contributed by atoms with E-state index in [0.29, 0.717) is 31.9 Å². The maximum Gasteiger partial charge on any atom is 0.252 e. The topological polar surface area (TPSA) is 66.1 Å². The lowest BCUT2D eigenvalue weighted by molar-refractivity contribution is -0.119. The first-order chi connectivity index (χ1) is 8.06. The summed E-state index contributed by atoms with van der Waals surface area (Å²) in [7, 11) is 0. The molecule has 1 aliphatic rings. The third-order valence-corrected chi connectivity index (χ3v) is 2.96. The van der Waals surface area contributed by atoms with Crippen LogP contribution in [0.15, 0.2) is 10.9 Å². The van der Waals surface area contributed by atoms with Crippen molar-refractivity contribution >= 4 is 11.7 Å². The minimum absolute atomic E-state index is 0.129. The van der Waals surface area contributed by atoms with Crippen LogP contribution in [0.3, 0.4) is 0 Å². The average molecular weight is 235 g/mol. The van der Waals surface area contributed by atoms with Crippen molar-refractivity contribution in [3.8, 4) is 0 Å². The lowest BCUT2D eigenvalue weighted by atomic mass is 10.1. The van der Waals surface area contributed by atoms with Gasteiger partial charge in [-0.3, -0.25) is 14.6 Å². The van der Waals surface area contributed by atoms with Gasteiger partial charge in [0.2, 0.25) is 5.95 Å². The van der Waals surface area contributed by atoms with Gasteiger partial charge in [-0.1, -0.05) is 13.8 Å². The summed E-state index contributed by atoms with van der Waals surface area (Å²) in [4.78, 5) is 31.8. The van der Waals surface area contributed by atoms with E-state index in [9.17, 15) is 9.59 Å². The lowest BCUT2D eigenvalue weighted by Gasteiger charge is -2.26. The highest BCUT2D eigenvalue weighted by Gasteiger charge is 2.18. The first kappa shape index (κ1) is 11.8. The Labute approximate surface area is 99.9 Å². The summed E-state index contributed by atoms with van der Waals surface area (Å²) in [5, 5.41) is 0. The van der Waals surface area contributed by atoms with Crippen molar-refractivity contribution in [2.24, 2.45) is 0 Å². The second kappa shape index (κ2) is 4.69. The predicted molar refractivity (Wildman–Crippen MR) is 65.4 cm³/mol. The Bertz CT molecular complexity index is 469. The van der Waals surface area contributed by atoms with Crippen LogP contribution >= 0.6 is 0 Å². The van der Waals surface area contributed by atoms with Crippen molar-refractivity contribution in [2.45, 2.75) is 32.6 Å². The van der Waals surface area contributed by atoms with E-state index in [2.05, 4.69) is 9.97 Å². The maximum atomic E-state index is 11.5. The van der Waals surface area contributed by atoms with Crippen LogP contribution in [-0.4, -0.2) is 28.8 Å². The normalized spacial score (nSPS) is 16.6. The van der Waals surface area contributed by atoms with Gasteiger partial charge >= 0.3 is 0 Å². The fraction of sp³-hybridized carbons (Fsp3) is 0.583. The molecule has 5 heteroatoms. The largest absolute Gasteiger partial charge is 0.341 e. The number of H-pyrrole nitrogens is 1. The second-order valence-electron chi connectivity index (χ2n) is 4.67. The smallest absolute Gasteiger partial charge is 0.252 e. The van der Waals surface area contributed by atoms with Crippen molar-refractivity contribution in [1.82, 2.24) is 9.97 Å². The Balaban J connectivity index is 2.26. The molecule has 1 N–H and O–H groups in total. The Morgan fingerprint density at radius 3 is 2.53 bits per heavy atom. The molecule has 0 saturated carbocycles. The number of aromatic nitrogens is 2. The fourth-order valence-electron chi connectivity index (χ4n) is 1.88. The van der Waals surface area contributed by atoms with Gasteiger partial charge < -0.3 is 4.90 Å². The van der Waals surface area contributed by atoms with Crippen molar-refractivity contribution < 1.29 is 4.79 Å². The number of nitrogens with zero attached hydrogens (tertiary/aromatic N) is 2. The molecule has 0 amide bonds. The number of carbonyl (C=O) groups excluding carboxylic acids is 1. The van der Waals surface area contributed by atoms with E-state index in [1.165, 1.54) is 6.07 Å². The molecule has 0 spiro atoms. The van der Waals surface area contributed by atoms with Crippen LogP contribution in [0.1, 0.15) is 38.3 Å². The monoisotopic (exact) mass is 235 g/mol. The Kier molecular flexibility index (Phi) is 3.26. The van der Waals surface area contributed by atoms with E-state index < -0.39 is 0 Å². The van der Waals surface area contributed by atoms with E-state index in [1.54, 1.807) is 0 Å². The SMILES string of the molecule is CC(C)c1cc(=O)[nH]c(N2CCC(=O)CC2)n1. The van der Waals surface area contributed by atoms with Gasteiger partial charge in [0.15, 0.2) is 0 Å². The summed E-state index contributed by atoms with van der Waals surface area (Å²) in [5.74, 6) is 1.10. The molecule has 1 aromatic heterocycles. The molecule has 1 saturated heterocycles. The maximum absolute atomic E-state index is 11.5. The number of anilines is 1. The molecule has 0 aromatic carbocycles. The van der Waals surface area contributed by atoms with Crippen molar-refractivity contribution in [1.29, 1.82) is 0 Å². The molecule has 1 aromatic rings. The molecule has 5 nitrogen and oxygen atoms in total. The van der Waals surface area contributed by atoms with Crippen molar-refractivity contribution in [2.75, 3.05) is 18.0 Å². The van der Waals surface area contributed by atoms with Gasteiger partial charge in [-0.2, -0.15) is 0 Å². The molecule has 0 atom stereocenters. The van der Waals surface area contributed by atoms with Crippen LogP contribution in [0.4, 0.5) is 5.95 Å². The zero-order valence-electron chi connectivity index (χ0n) is 10.2. The summed E-state index contributed by atoms with van der Waals surface area (Å²) in [6.45, 7) is 5.29. The minimum Gasteiger partial charge on any atom is -0.341 e. The van der Waals surface area contributed by atoms with E-state index in [0.717, 1.165) is 5.69 Å². The van der Waals surface area contributed by atoms with E-state index in [-0.39, 0.29) is 17.3 Å². The molecular weight excluding hydrogens is 218 g/mol. The van der Waals surface area contributed by atoms with E-state index >= 15 is 0 Å². The van der Waals surface area contributed by atoms with Crippen LogP contribution in [0.5, 0.6) is 0 Å². The highest BCUT2D eigenvalue weighted by molar-refractivity contribution is 5.80. The number of ketones is 1. The van der Waals surface area contributed by atoms with E-state index in [1.807, 2.05) is 18.7 Å². The lowest BCUT2D eigenvalue weighted by Crippen LogP contribution is -2.36. The van der Waals surface area contributed by atoms with Crippen LogP contribution in [0, 0.1) is 0 Å². The zero-order chi connectivity index (χ0) is 12.4. The molecule has 0 aliphatic carbocycles. The molecule has 2 rings (SSSR count). The van der Waals surface area contributed by atoms with Crippen LogP contribution in [-0.2, 0) is 4.79 Å². The second-order valence-corrected chi connectivity index (χ2v) is 4.67. The summed E-state index contributed by atoms with van der Waals surface area (Å²) >= 11 is 0. The zero-order valence-corrected chi connectivity index (χ0v) is 10.2. The summed E-state index contributed by atoms with van der Waals surface area (Å²) in [6, 6.07) is 1.53. The molecule has 1 fully saturated rings. The Hall–Kier alpha value is -1.65. The number of rotatable bonds is 2. The molecule has 1 aliphatic heterocycles. The van der Waals surface area contributed by atoms with Crippen molar-refractivity contribution in [3.05, 3.63) is 22.1 Å². The number of hydrogen-bond donors (Lipinski definition) is 1. The Morgan fingerprint density at radius 1 is 1.29 bits per heavy atom. The molecule has 0 radical (unpaired) electrons. The molecule has 0 bridgehead atoms. The third kappa shape index (κ3) is 2.72. The highest BCUT2D eigenvalue weighted by Crippen LogP contribution is 2.15. The minimum atomic E-state index is -0.129. The first-order valence-electron chi connectivity index (χ1n) is 5.94. The standard InChI is InChI=1S/C12H17N3O2/c1-8(2)10-7-11(17)14-12(13-10)15-5-3-9(16)4-6-15/h7-8H,3-6H2,1-2H3,(H,13,14,17). The summed E-state index contributed by atoms with van der Waals surface area (Å²) in [6.07, 6.45) is 1.07. The van der Waals surface area contributed by atoms with Gasteiger partial charge in [0, 0.05) is 32.0 Å². The van der Waals surface area contributed by atoms with Crippen LogP contribution in [0.25, 0.3) is 0 Å². The summed E-state index contributed by atoms with van der Waals surface area (Å²) < 4.78 is 0. The molecule has 2 heterocycles. The van der Waals surface area contributed by atoms with Gasteiger partial charge in [0.1, 0.15) is 5.78 Å². The number of nitrogens with one attached hydrogen (secondary N) is 1. The molecule has 17 heavy (non-hydrogen) atoms. The van der Waals surface area contributed by atoms with E-state index in [4.69, 9.17) is 0 Å². The highest BCUT2D eigenvalue weighted by atomic mass is 16.1. The Morgan fingerprint density at radius 2 is 1.94 bits per heavy atom. The number of piperidine rings is 1. The summed E-state index contributed by atoms with van der Waals surface area (Å²) in [5.41, 5.74) is 0.663.